The van der Waals surface area contributed by atoms with Crippen molar-refractivity contribution in [1.82, 2.24) is 0 Å². The van der Waals surface area contributed by atoms with Crippen molar-refractivity contribution in [3.05, 3.63) is 29.8 Å². The lowest BCUT2D eigenvalue weighted by atomic mass is 9.74. The number of amides is 1. The van der Waals surface area contributed by atoms with E-state index in [0.717, 1.165) is 50.8 Å². The van der Waals surface area contributed by atoms with E-state index in [2.05, 4.69) is 12.1 Å². The number of nitriles is 1. The molecule has 0 saturated heterocycles. The number of benzene rings is 1. The number of para-hydroxylation sites is 1. The van der Waals surface area contributed by atoms with E-state index < -0.39 is 5.41 Å². The fraction of sp³-hybridized carbons (Fsp3) is 0.500. The zero-order valence-corrected chi connectivity index (χ0v) is 11.1. The van der Waals surface area contributed by atoms with Gasteiger partial charge in [-0.15, -0.1) is 0 Å². The third kappa shape index (κ3) is 1.92. The summed E-state index contributed by atoms with van der Waals surface area (Å²) in [6, 6.07) is 10.4. The van der Waals surface area contributed by atoms with Gasteiger partial charge in [0.2, 0.25) is 5.91 Å². The van der Waals surface area contributed by atoms with Gasteiger partial charge in [0.15, 0.2) is 0 Å². The summed E-state index contributed by atoms with van der Waals surface area (Å²) < 4.78 is 0. The molecule has 3 nitrogen and oxygen atoms in total. The zero-order valence-electron chi connectivity index (χ0n) is 11.1. The van der Waals surface area contributed by atoms with Gasteiger partial charge in [-0.3, -0.25) is 4.79 Å². The summed E-state index contributed by atoms with van der Waals surface area (Å²) in [6.07, 6.45) is 5.49. The van der Waals surface area contributed by atoms with E-state index in [1.165, 1.54) is 5.56 Å². The zero-order chi connectivity index (χ0) is 13.3. The summed E-state index contributed by atoms with van der Waals surface area (Å²) in [5.41, 5.74) is 1.46. The monoisotopic (exact) mass is 254 g/mol. The van der Waals surface area contributed by atoms with Crippen LogP contribution in [0.5, 0.6) is 0 Å². The fourth-order valence-corrected chi connectivity index (χ4v) is 3.34. The van der Waals surface area contributed by atoms with Crippen LogP contribution in [0, 0.1) is 16.7 Å². The number of carbonyl (C=O) groups is 1. The number of hydrogen-bond acceptors (Lipinski definition) is 2. The average molecular weight is 254 g/mol. The Morgan fingerprint density at radius 1 is 1.21 bits per heavy atom. The number of anilines is 1. The Hall–Kier alpha value is -1.82. The lowest BCUT2D eigenvalue weighted by molar-refractivity contribution is -0.126. The van der Waals surface area contributed by atoms with E-state index in [-0.39, 0.29) is 5.91 Å². The van der Waals surface area contributed by atoms with Crippen molar-refractivity contribution in [2.75, 3.05) is 11.4 Å². The SMILES string of the molecule is N#CC1(C(=O)N2CCc3ccccc32)CCCCC1. The van der Waals surface area contributed by atoms with Crippen LogP contribution in [0.3, 0.4) is 0 Å². The molecule has 1 aliphatic heterocycles. The van der Waals surface area contributed by atoms with Crippen LogP contribution in [0.25, 0.3) is 0 Å². The van der Waals surface area contributed by atoms with E-state index in [9.17, 15) is 10.1 Å². The highest BCUT2D eigenvalue weighted by atomic mass is 16.2. The first-order chi connectivity index (χ1) is 9.27. The molecule has 0 N–H and O–H groups in total. The number of nitrogens with zero attached hydrogens (tertiary/aromatic N) is 2. The minimum Gasteiger partial charge on any atom is -0.310 e. The number of fused-ring (bicyclic) bond motifs is 1. The standard InChI is InChI=1S/C16H18N2O/c17-12-16(9-4-1-5-10-16)15(19)18-11-8-13-6-2-3-7-14(13)18/h2-3,6-7H,1,4-5,8-11H2. The van der Waals surface area contributed by atoms with Crippen LogP contribution in [-0.4, -0.2) is 12.5 Å². The smallest absolute Gasteiger partial charge is 0.247 e. The largest absolute Gasteiger partial charge is 0.310 e. The van der Waals surface area contributed by atoms with Gasteiger partial charge in [0.25, 0.3) is 0 Å². The molecule has 1 amide bonds. The van der Waals surface area contributed by atoms with Crippen LogP contribution in [0.2, 0.25) is 0 Å². The highest BCUT2D eigenvalue weighted by Crippen LogP contribution is 2.40. The van der Waals surface area contributed by atoms with Gasteiger partial charge in [-0.2, -0.15) is 5.26 Å². The second kappa shape index (κ2) is 4.70. The molecule has 0 spiro atoms. The molecular weight excluding hydrogens is 236 g/mol. The molecule has 0 atom stereocenters. The van der Waals surface area contributed by atoms with Crippen LogP contribution >= 0.6 is 0 Å². The van der Waals surface area contributed by atoms with Crippen LogP contribution in [0.4, 0.5) is 5.69 Å². The Morgan fingerprint density at radius 3 is 2.68 bits per heavy atom. The minimum atomic E-state index is -0.768. The third-order valence-electron chi connectivity index (χ3n) is 4.46. The molecule has 0 aromatic heterocycles. The summed E-state index contributed by atoms with van der Waals surface area (Å²) in [5, 5.41) is 9.52. The summed E-state index contributed by atoms with van der Waals surface area (Å²) in [7, 11) is 0. The summed E-state index contributed by atoms with van der Waals surface area (Å²) in [6.45, 7) is 0.724. The van der Waals surface area contributed by atoms with Crippen LogP contribution in [0.15, 0.2) is 24.3 Å². The predicted octanol–water partition coefficient (Wildman–Crippen LogP) is 3.05. The van der Waals surface area contributed by atoms with Crippen molar-refractivity contribution < 1.29 is 4.79 Å². The van der Waals surface area contributed by atoms with E-state index in [1.807, 2.05) is 23.1 Å². The Bertz CT molecular complexity index is 538. The highest BCUT2D eigenvalue weighted by Gasteiger charge is 2.44. The van der Waals surface area contributed by atoms with Crippen molar-refractivity contribution in [3.63, 3.8) is 0 Å². The maximum Gasteiger partial charge on any atom is 0.247 e. The van der Waals surface area contributed by atoms with Gasteiger partial charge in [0.1, 0.15) is 5.41 Å². The fourth-order valence-electron chi connectivity index (χ4n) is 3.34. The second-order valence-electron chi connectivity index (χ2n) is 5.59. The first-order valence-corrected chi connectivity index (χ1v) is 7.08. The van der Waals surface area contributed by atoms with Gasteiger partial charge >= 0.3 is 0 Å². The molecule has 0 radical (unpaired) electrons. The van der Waals surface area contributed by atoms with E-state index in [1.54, 1.807) is 0 Å². The molecule has 1 aromatic carbocycles. The molecule has 0 unspecified atom stereocenters. The number of hydrogen-bond donors (Lipinski definition) is 0. The quantitative estimate of drug-likeness (QED) is 0.773. The molecule has 98 valence electrons. The van der Waals surface area contributed by atoms with Gasteiger partial charge in [0.05, 0.1) is 6.07 Å². The van der Waals surface area contributed by atoms with E-state index in [0.29, 0.717) is 0 Å². The Kier molecular flexibility index (Phi) is 3.02. The van der Waals surface area contributed by atoms with Gasteiger partial charge in [-0.25, -0.2) is 0 Å². The molecule has 19 heavy (non-hydrogen) atoms. The van der Waals surface area contributed by atoms with Crippen LogP contribution in [-0.2, 0) is 11.2 Å². The Balaban J connectivity index is 1.91. The molecule has 1 heterocycles. The molecule has 1 fully saturated rings. The lowest BCUT2D eigenvalue weighted by Gasteiger charge is -2.33. The maximum absolute atomic E-state index is 12.8. The maximum atomic E-state index is 12.8. The predicted molar refractivity (Wildman–Crippen MR) is 73.6 cm³/mol. The Labute approximate surface area is 113 Å². The van der Waals surface area contributed by atoms with E-state index >= 15 is 0 Å². The first-order valence-electron chi connectivity index (χ1n) is 7.08. The lowest BCUT2D eigenvalue weighted by Crippen LogP contribution is -2.43. The topological polar surface area (TPSA) is 44.1 Å². The minimum absolute atomic E-state index is 0.0275. The first kappa shape index (κ1) is 12.2. The normalized spacial score (nSPS) is 20.7. The molecule has 1 saturated carbocycles. The van der Waals surface area contributed by atoms with Crippen molar-refractivity contribution in [3.8, 4) is 6.07 Å². The summed E-state index contributed by atoms with van der Waals surface area (Å²) in [5.74, 6) is 0.0275. The van der Waals surface area contributed by atoms with Crippen molar-refractivity contribution in [2.24, 2.45) is 5.41 Å². The summed E-state index contributed by atoms with van der Waals surface area (Å²) in [4.78, 5) is 14.7. The number of carbonyl (C=O) groups excluding carboxylic acids is 1. The van der Waals surface area contributed by atoms with Gasteiger partial charge < -0.3 is 4.90 Å². The number of rotatable bonds is 1. The Morgan fingerprint density at radius 2 is 1.95 bits per heavy atom. The molecule has 3 rings (SSSR count). The van der Waals surface area contributed by atoms with Crippen molar-refractivity contribution in [1.29, 1.82) is 5.26 Å². The summed E-state index contributed by atoms with van der Waals surface area (Å²) >= 11 is 0. The average Bonchev–Trinajstić information content (AvgIpc) is 2.91. The molecule has 1 aromatic rings. The van der Waals surface area contributed by atoms with Gasteiger partial charge in [0, 0.05) is 12.2 Å². The van der Waals surface area contributed by atoms with Crippen molar-refractivity contribution in [2.45, 2.75) is 38.5 Å². The second-order valence-corrected chi connectivity index (χ2v) is 5.59. The third-order valence-corrected chi connectivity index (χ3v) is 4.46. The highest BCUT2D eigenvalue weighted by molar-refractivity contribution is 6.01. The molecule has 3 heteroatoms. The molecular formula is C16H18N2O. The van der Waals surface area contributed by atoms with E-state index in [4.69, 9.17) is 0 Å². The van der Waals surface area contributed by atoms with Crippen LogP contribution < -0.4 is 4.90 Å². The molecule has 1 aliphatic carbocycles. The van der Waals surface area contributed by atoms with Gasteiger partial charge in [-0.05, 0) is 30.9 Å². The molecule has 0 bridgehead atoms. The van der Waals surface area contributed by atoms with Gasteiger partial charge in [-0.1, -0.05) is 37.5 Å². The molecule has 2 aliphatic rings. The van der Waals surface area contributed by atoms with Crippen molar-refractivity contribution >= 4 is 11.6 Å². The van der Waals surface area contributed by atoms with Crippen LogP contribution in [0.1, 0.15) is 37.7 Å².